The molecule has 0 aromatic heterocycles. The lowest BCUT2D eigenvalue weighted by atomic mass is 10.1. The molecule has 1 atom stereocenters. The SMILES string of the molecule is CCNC1CCN(c2c(C)cc(C)cc2Br)C1=O. The summed E-state index contributed by atoms with van der Waals surface area (Å²) in [6.07, 6.45) is 0.881. The van der Waals surface area contributed by atoms with E-state index in [9.17, 15) is 4.79 Å². The van der Waals surface area contributed by atoms with E-state index < -0.39 is 0 Å². The molecule has 1 fully saturated rings. The molecule has 18 heavy (non-hydrogen) atoms. The number of carbonyl (C=O) groups excluding carboxylic acids is 1. The molecule has 0 saturated carbocycles. The summed E-state index contributed by atoms with van der Waals surface area (Å²) in [5.74, 6) is 0.185. The van der Waals surface area contributed by atoms with Gasteiger partial charge in [-0.1, -0.05) is 13.0 Å². The molecule has 1 saturated heterocycles. The van der Waals surface area contributed by atoms with E-state index in [-0.39, 0.29) is 11.9 Å². The predicted octanol–water partition coefficient (Wildman–Crippen LogP) is 2.78. The Kier molecular flexibility index (Phi) is 4.07. The van der Waals surface area contributed by atoms with Crippen LogP contribution in [0, 0.1) is 13.8 Å². The number of carbonyl (C=O) groups is 1. The van der Waals surface area contributed by atoms with Gasteiger partial charge < -0.3 is 10.2 Å². The molecule has 0 bridgehead atoms. The molecular formula is C14H19BrN2O. The summed E-state index contributed by atoms with van der Waals surface area (Å²) in [6, 6.07) is 4.16. The van der Waals surface area contributed by atoms with Crippen molar-refractivity contribution < 1.29 is 4.79 Å². The van der Waals surface area contributed by atoms with E-state index in [1.165, 1.54) is 5.56 Å². The molecule has 0 aliphatic carbocycles. The third kappa shape index (κ3) is 2.45. The summed E-state index contributed by atoms with van der Waals surface area (Å²) in [7, 11) is 0. The summed E-state index contributed by atoms with van der Waals surface area (Å²) < 4.78 is 1.01. The molecule has 1 amide bonds. The summed E-state index contributed by atoms with van der Waals surface area (Å²) in [5.41, 5.74) is 3.37. The molecule has 3 nitrogen and oxygen atoms in total. The number of hydrogen-bond donors (Lipinski definition) is 1. The minimum absolute atomic E-state index is 0.0254. The Labute approximate surface area is 117 Å². The number of anilines is 1. The molecule has 1 aromatic rings. The first-order valence-corrected chi connectivity index (χ1v) is 7.15. The third-order valence-electron chi connectivity index (χ3n) is 3.32. The van der Waals surface area contributed by atoms with Gasteiger partial charge in [0.2, 0.25) is 5.91 Å². The Morgan fingerprint density at radius 3 is 2.78 bits per heavy atom. The highest BCUT2D eigenvalue weighted by Gasteiger charge is 2.33. The first-order chi connectivity index (χ1) is 8.54. The van der Waals surface area contributed by atoms with Crippen molar-refractivity contribution in [1.82, 2.24) is 5.32 Å². The fourth-order valence-corrected chi connectivity index (χ4v) is 3.48. The van der Waals surface area contributed by atoms with Crippen LogP contribution in [0.15, 0.2) is 16.6 Å². The van der Waals surface area contributed by atoms with Crippen LogP contribution in [0.4, 0.5) is 5.69 Å². The quantitative estimate of drug-likeness (QED) is 0.931. The maximum Gasteiger partial charge on any atom is 0.244 e. The number of likely N-dealkylation sites (N-methyl/N-ethyl adjacent to an activating group) is 1. The standard InChI is InChI=1S/C14H19BrN2O/c1-4-16-12-5-6-17(14(12)18)13-10(3)7-9(2)8-11(13)15/h7-8,12,16H,4-6H2,1-3H3. The van der Waals surface area contributed by atoms with Crippen LogP contribution in [-0.2, 0) is 4.79 Å². The zero-order valence-electron chi connectivity index (χ0n) is 11.1. The number of aryl methyl sites for hydroxylation is 2. The molecule has 0 radical (unpaired) electrons. The molecule has 1 aliphatic rings. The number of nitrogens with one attached hydrogen (secondary N) is 1. The maximum atomic E-state index is 12.3. The van der Waals surface area contributed by atoms with Gasteiger partial charge in [-0.25, -0.2) is 0 Å². The van der Waals surface area contributed by atoms with E-state index in [1.54, 1.807) is 0 Å². The van der Waals surface area contributed by atoms with Gasteiger partial charge in [0.25, 0.3) is 0 Å². The van der Waals surface area contributed by atoms with E-state index in [2.05, 4.69) is 47.2 Å². The van der Waals surface area contributed by atoms with Gasteiger partial charge in [-0.15, -0.1) is 0 Å². The topological polar surface area (TPSA) is 32.3 Å². The van der Waals surface area contributed by atoms with Crippen molar-refractivity contribution in [2.45, 2.75) is 33.2 Å². The van der Waals surface area contributed by atoms with Crippen LogP contribution in [0.2, 0.25) is 0 Å². The largest absolute Gasteiger partial charge is 0.310 e. The van der Waals surface area contributed by atoms with Gasteiger partial charge >= 0.3 is 0 Å². The highest BCUT2D eigenvalue weighted by molar-refractivity contribution is 9.10. The molecule has 1 N–H and O–H groups in total. The highest BCUT2D eigenvalue weighted by atomic mass is 79.9. The Morgan fingerprint density at radius 2 is 2.17 bits per heavy atom. The zero-order chi connectivity index (χ0) is 13.3. The third-order valence-corrected chi connectivity index (χ3v) is 3.93. The van der Waals surface area contributed by atoms with Gasteiger partial charge in [0.1, 0.15) is 0 Å². The van der Waals surface area contributed by atoms with Crippen molar-refractivity contribution in [2.75, 3.05) is 18.0 Å². The summed E-state index contributed by atoms with van der Waals surface area (Å²) in [4.78, 5) is 14.2. The second kappa shape index (κ2) is 5.41. The van der Waals surface area contributed by atoms with Crippen molar-refractivity contribution >= 4 is 27.5 Å². The van der Waals surface area contributed by atoms with Gasteiger partial charge in [0.15, 0.2) is 0 Å². The molecule has 1 heterocycles. The predicted molar refractivity (Wildman–Crippen MR) is 78.1 cm³/mol. The Morgan fingerprint density at radius 1 is 1.44 bits per heavy atom. The van der Waals surface area contributed by atoms with Crippen LogP contribution >= 0.6 is 15.9 Å². The van der Waals surface area contributed by atoms with Gasteiger partial charge in [-0.05, 0) is 59.9 Å². The monoisotopic (exact) mass is 310 g/mol. The van der Waals surface area contributed by atoms with E-state index in [1.807, 2.05) is 11.8 Å². The van der Waals surface area contributed by atoms with E-state index in [0.717, 1.165) is 35.2 Å². The van der Waals surface area contributed by atoms with Crippen LogP contribution in [0.5, 0.6) is 0 Å². The van der Waals surface area contributed by atoms with Crippen molar-refractivity contribution in [1.29, 1.82) is 0 Å². The Balaban J connectivity index is 2.31. The molecule has 1 unspecified atom stereocenters. The lowest BCUT2D eigenvalue weighted by Gasteiger charge is -2.21. The van der Waals surface area contributed by atoms with Crippen molar-refractivity contribution in [2.24, 2.45) is 0 Å². The fraction of sp³-hybridized carbons (Fsp3) is 0.500. The fourth-order valence-electron chi connectivity index (χ4n) is 2.59. The smallest absolute Gasteiger partial charge is 0.244 e. The molecule has 4 heteroatoms. The highest BCUT2D eigenvalue weighted by Crippen LogP contribution is 2.33. The lowest BCUT2D eigenvalue weighted by Crippen LogP contribution is -2.38. The normalized spacial score (nSPS) is 19.7. The second-order valence-electron chi connectivity index (χ2n) is 4.80. The minimum atomic E-state index is -0.0254. The zero-order valence-corrected chi connectivity index (χ0v) is 12.7. The van der Waals surface area contributed by atoms with Crippen LogP contribution in [0.3, 0.4) is 0 Å². The lowest BCUT2D eigenvalue weighted by molar-refractivity contribution is -0.118. The average Bonchev–Trinajstić information content (AvgIpc) is 2.61. The van der Waals surface area contributed by atoms with Crippen LogP contribution in [-0.4, -0.2) is 25.0 Å². The van der Waals surface area contributed by atoms with Gasteiger partial charge in [0.05, 0.1) is 11.7 Å². The minimum Gasteiger partial charge on any atom is -0.310 e. The Hall–Kier alpha value is -0.870. The first-order valence-electron chi connectivity index (χ1n) is 6.36. The van der Waals surface area contributed by atoms with Crippen molar-refractivity contribution in [3.05, 3.63) is 27.7 Å². The number of rotatable bonds is 3. The van der Waals surface area contributed by atoms with Gasteiger partial charge in [-0.2, -0.15) is 0 Å². The van der Waals surface area contributed by atoms with Crippen molar-refractivity contribution in [3.8, 4) is 0 Å². The molecule has 1 aromatic carbocycles. The number of hydrogen-bond acceptors (Lipinski definition) is 2. The molecule has 98 valence electrons. The van der Waals surface area contributed by atoms with Crippen LogP contribution in [0.1, 0.15) is 24.5 Å². The van der Waals surface area contributed by atoms with E-state index >= 15 is 0 Å². The first kappa shape index (κ1) is 13.6. The van der Waals surface area contributed by atoms with E-state index in [0.29, 0.717) is 0 Å². The van der Waals surface area contributed by atoms with Crippen LogP contribution < -0.4 is 10.2 Å². The van der Waals surface area contributed by atoms with Crippen LogP contribution in [0.25, 0.3) is 0 Å². The number of amides is 1. The molecule has 1 aliphatic heterocycles. The summed E-state index contributed by atoms with van der Waals surface area (Å²) in [5, 5.41) is 3.24. The number of benzene rings is 1. The van der Waals surface area contributed by atoms with E-state index in [4.69, 9.17) is 0 Å². The van der Waals surface area contributed by atoms with Gasteiger partial charge in [-0.3, -0.25) is 4.79 Å². The van der Waals surface area contributed by atoms with Crippen molar-refractivity contribution in [3.63, 3.8) is 0 Å². The summed E-state index contributed by atoms with van der Waals surface area (Å²) >= 11 is 3.58. The Bertz CT molecular complexity index is 450. The molecule has 2 rings (SSSR count). The van der Waals surface area contributed by atoms with Gasteiger partial charge in [0, 0.05) is 11.0 Å². The number of nitrogens with zero attached hydrogens (tertiary/aromatic N) is 1. The maximum absolute atomic E-state index is 12.3. The molecule has 0 spiro atoms. The molecular weight excluding hydrogens is 292 g/mol. The summed E-state index contributed by atoms with van der Waals surface area (Å²) in [6.45, 7) is 7.77. The number of halogens is 1. The second-order valence-corrected chi connectivity index (χ2v) is 5.66. The average molecular weight is 311 g/mol.